The highest BCUT2D eigenvalue weighted by Gasteiger charge is 2.19. The Morgan fingerprint density at radius 2 is 2.05 bits per heavy atom. The van der Waals surface area contributed by atoms with Gasteiger partial charge in [0.2, 0.25) is 0 Å². The van der Waals surface area contributed by atoms with Gasteiger partial charge < -0.3 is 10.4 Å². The fourth-order valence-electron chi connectivity index (χ4n) is 2.24. The molecule has 112 valence electrons. The number of nitrogens with one attached hydrogen (secondary N) is 1. The molecule has 0 atom stereocenters. The summed E-state index contributed by atoms with van der Waals surface area (Å²) in [6.45, 7) is 4.89. The molecule has 0 aliphatic heterocycles. The Labute approximate surface area is 124 Å². The first kappa shape index (κ1) is 15.4. The molecule has 0 saturated carbocycles. The lowest BCUT2D eigenvalue weighted by Crippen LogP contribution is -2.34. The van der Waals surface area contributed by atoms with Crippen LogP contribution in [0.3, 0.4) is 0 Å². The number of hydrogen-bond donors (Lipinski definition) is 2. The molecule has 1 heterocycles. The minimum Gasteiger partial charge on any atom is -0.396 e. The van der Waals surface area contributed by atoms with Gasteiger partial charge in [-0.3, -0.25) is 14.8 Å². The smallest absolute Gasteiger partial charge is 0.253 e. The van der Waals surface area contributed by atoms with Crippen molar-refractivity contribution in [3.8, 4) is 0 Å². The summed E-state index contributed by atoms with van der Waals surface area (Å²) < 4.78 is 0. The van der Waals surface area contributed by atoms with Crippen molar-refractivity contribution in [1.29, 1.82) is 0 Å². The van der Waals surface area contributed by atoms with Crippen LogP contribution < -0.4 is 5.32 Å². The summed E-state index contributed by atoms with van der Waals surface area (Å²) in [7, 11) is 0. The molecule has 1 aromatic carbocycles. The van der Waals surface area contributed by atoms with E-state index in [1.165, 1.54) is 0 Å². The summed E-state index contributed by atoms with van der Waals surface area (Å²) in [5.41, 5.74) is 1.82. The van der Waals surface area contributed by atoms with Crippen molar-refractivity contribution < 1.29 is 9.90 Å². The molecular weight excluding hydrogens is 266 g/mol. The zero-order valence-corrected chi connectivity index (χ0v) is 12.5. The van der Waals surface area contributed by atoms with E-state index in [0.29, 0.717) is 23.1 Å². The molecule has 0 aliphatic rings. The van der Waals surface area contributed by atoms with Crippen molar-refractivity contribution in [2.24, 2.45) is 5.41 Å². The van der Waals surface area contributed by atoms with Crippen LogP contribution in [0, 0.1) is 5.41 Å². The van der Waals surface area contributed by atoms with E-state index in [0.717, 1.165) is 12.8 Å². The molecule has 5 heteroatoms. The van der Waals surface area contributed by atoms with E-state index in [1.54, 1.807) is 18.5 Å². The predicted octanol–water partition coefficient (Wildman–Crippen LogP) is 2.16. The van der Waals surface area contributed by atoms with Gasteiger partial charge in [-0.1, -0.05) is 19.9 Å². The SMILES string of the molecule is CC(C)(CCCO)CNC(=O)c1cccc2nccnc12. The Bertz CT molecular complexity index is 620. The third-order valence-electron chi connectivity index (χ3n) is 3.48. The quantitative estimate of drug-likeness (QED) is 0.853. The summed E-state index contributed by atoms with van der Waals surface area (Å²) in [6.07, 6.45) is 4.80. The fourth-order valence-corrected chi connectivity index (χ4v) is 2.24. The zero-order chi connectivity index (χ0) is 15.3. The van der Waals surface area contributed by atoms with Crippen LogP contribution in [-0.2, 0) is 0 Å². The van der Waals surface area contributed by atoms with Crippen molar-refractivity contribution >= 4 is 16.9 Å². The number of rotatable bonds is 6. The molecule has 0 aliphatic carbocycles. The van der Waals surface area contributed by atoms with E-state index < -0.39 is 0 Å². The van der Waals surface area contributed by atoms with Crippen LogP contribution in [0.2, 0.25) is 0 Å². The highest BCUT2D eigenvalue weighted by Crippen LogP contribution is 2.21. The minimum atomic E-state index is -0.141. The molecule has 2 N–H and O–H groups in total. The summed E-state index contributed by atoms with van der Waals surface area (Å²) >= 11 is 0. The number of hydrogen-bond acceptors (Lipinski definition) is 4. The molecule has 0 spiro atoms. The second-order valence-electron chi connectivity index (χ2n) is 5.90. The van der Waals surface area contributed by atoms with Crippen molar-refractivity contribution in [2.75, 3.05) is 13.2 Å². The second-order valence-corrected chi connectivity index (χ2v) is 5.90. The Morgan fingerprint density at radius 1 is 1.29 bits per heavy atom. The van der Waals surface area contributed by atoms with Gasteiger partial charge in [-0.25, -0.2) is 0 Å². The van der Waals surface area contributed by atoms with Crippen LogP contribution in [0.15, 0.2) is 30.6 Å². The van der Waals surface area contributed by atoms with E-state index in [9.17, 15) is 4.79 Å². The number of aromatic nitrogens is 2. The zero-order valence-electron chi connectivity index (χ0n) is 12.5. The number of aliphatic hydroxyl groups excluding tert-OH is 1. The standard InChI is InChI=1S/C16H21N3O2/c1-16(2,7-4-10-20)11-19-15(21)12-5-3-6-13-14(12)18-9-8-17-13/h3,5-6,8-9,20H,4,7,10-11H2,1-2H3,(H,19,21). The summed E-state index contributed by atoms with van der Waals surface area (Å²) in [5, 5.41) is 11.9. The third-order valence-corrected chi connectivity index (χ3v) is 3.48. The normalized spacial score (nSPS) is 11.6. The molecule has 0 radical (unpaired) electrons. The number of fused-ring (bicyclic) bond motifs is 1. The van der Waals surface area contributed by atoms with Crippen LogP contribution in [0.1, 0.15) is 37.0 Å². The molecule has 0 unspecified atom stereocenters. The van der Waals surface area contributed by atoms with Crippen molar-refractivity contribution in [3.05, 3.63) is 36.2 Å². The minimum absolute atomic E-state index is 0.0470. The van der Waals surface area contributed by atoms with Gasteiger partial charge in [0, 0.05) is 25.5 Å². The Hall–Kier alpha value is -2.01. The Balaban J connectivity index is 2.09. The molecule has 0 bridgehead atoms. The molecule has 5 nitrogen and oxygen atoms in total. The summed E-state index contributed by atoms with van der Waals surface area (Å²) in [5.74, 6) is -0.141. The fraction of sp³-hybridized carbons (Fsp3) is 0.438. The van der Waals surface area contributed by atoms with Gasteiger partial charge in [-0.2, -0.15) is 0 Å². The monoisotopic (exact) mass is 287 g/mol. The highest BCUT2D eigenvalue weighted by molar-refractivity contribution is 6.04. The van der Waals surface area contributed by atoms with Gasteiger partial charge in [-0.15, -0.1) is 0 Å². The number of carbonyl (C=O) groups excluding carboxylic acids is 1. The lowest BCUT2D eigenvalue weighted by molar-refractivity contribution is 0.0934. The van der Waals surface area contributed by atoms with Crippen LogP contribution in [0.5, 0.6) is 0 Å². The number of benzene rings is 1. The van der Waals surface area contributed by atoms with Gasteiger partial charge in [0.25, 0.3) is 5.91 Å². The van der Waals surface area contributed by atoms with Crippen LogP contribution in [0.4, 0.5) is 0 Å². The predicted molar refractivity (Wildman–Crippen MR) is 82.0 cm³/mol. The van der Waals surface area contributed by atoms with Crippen LogP contribution >= 0.6 is 0 Å². The third kappa shape index (κ3) is 3.98. The van der Waals surface area contributed by atoms with Gasteiger partial charge in [-0.05, 0) is 30.4 Å². The van der Waals surface area contributed by atoms with E-state index in [2.05, 4.69) is 29.1 Å². The first-order chi connectivity index (χ1) is 10.0. The maximum absolute atomic E-state index is 12.4. The molecular formula is C16H21N3O2. The average Bonchev–Trinajstić information content (AvgIpc) is 2.50. The molecule has 1 amide bonds. The Kier molecular flexibility index (Phi) is 4.85. The molecule has 2 aromatic rings. The molecule has 2 rings (SSSR count). The summed E-state index contributed by atoms with van der Waals surface area (Å²) in [6, 6.07) is 5.40. The van der Waals surface area contributed by atoms with Gasteiger partial charge >= 0.3 is 0 Å². The molecule has 0 fully saturated rings. The van der Waals surface area contributed by atoms with Gasteiger partial charge in [0.15, 0.2) is 0 Å². The lowest BCUT2D eigenvalue weighted by atomic mass is 9.88. The van der Waals surface area contributed by atoms with Crippen molar-refractivity contribution in [2.45, 2.75) is 26.7 Å². The first-order valence-corrected chi connectivity index (χ1v) is 7.12. The molecule has 21 heavy (non-hydrogen) atoms. The second kappa shape index (κ2) is 6.63. The van der Waals surface area contributed by atoms with Gasteiger partial charge in [0.1, 0.15) is 5.52 Å². The average molecular weight is 287 g/mol. The Morgan fingerprint density at radius 3 is 2.81 bits per heavy atom. The molecule has 0 saturated heterocycles. The number of nitrogens with zero attached hydrogens (tertiary/aromatic N) is 2. The van der Waals surface area contributed by atoms with E-state index in [1.807, 2.05) is 12.1 Å². The molecule has 1 aromatic heterocycles. The van der Waals surface area contributed by atoms with E-state index in [-0.39, 0.29) is 17.9 Å². The van der Waals surface area contributed by atoms with Gasteiger partial charge in [0.05, 0.1) is 11.1 Å². The number of carbonyl (C=O) groups is 1. The van der Waals surface area contributed by atoms with E-state index in [4.69, 9.17) is 5.11 Å². The highest BCUT2D eigenvalue weighted by atomic mass is 16.2. The summed E-state index contributed by atoms with van der Waals surface area (Å²) in [4.78, 5) is 20.8. The topological polar surface area (TPSA) is 75.1 Å². The van der Waals surface area contributed by atoms with Crippen LogP contribution in [0.25, 0.3) is 11.0 Å². The van der Waals surface area contributed by atoms with Crippen LogP contribution in [-0.4, -0.2) is 34.1 Å². The number of para-hydroxylation sites is 1. The van der Waals surface area contributed by atoms with Crippen molar-refractivity contribution in [3.63, 3.8) is 0 Å². The lowest BCUT2D eigenvalue weighted by Gasteiger charge is -2.24. The maximum atomic E-state index is 12.4. The van der Waals surface area contributed by atoms with E-state index >= 15 is 0 Å². The maximum Gasteiger partial charge on any atom is 0.253 e. The largest absolute Gasteiger partial charge is 0.396 e. The number of amides is 1. The number of aliphatic hydroxyl groups is 1. The van der Waals surface area contributed by atoms with Crippen molar-refractivity contribution in [1.82, 2.24) is 15.3 Å². The first-order valence-electron chi connectivity index (χ1n) is 7.12.